The lowest BCUT2D eigenvalue weighted by molar-refractivity contribution is -0.0457. The Hall–Kier alpha value is -1.14. The Bertz CT molecular complexity index is 485. The molecule has 1 aromatic rings. The molecule has 5 heteroatoms. The molecule has 2 N–H and O–H groups in total. The van der Waals surface area contributed by atoms with E-state index in [9.17, 15) is 5.11 Å². The van der Waals surface area contributed by atoms with Gasteiger partial charge in [-0.15, -0.1) is 0 Å². The van der Waals surface area contributed by atoms with Crippen LogP contribution in [0, 0.1) is 0 Å². The molecule has 122 valence electrons. The van der Waals surface area contributed by atoms with Crippen molar-refractivity contribution in [2.75, 3.05) is 32.9 Å². The summed E-state index contributed by atoms with van der Waals surface area (Å²) in [6.07, 6.45) is 2.43. The van der Waals surface area contributed by atoms with Gasteiger partial charge in [0.1, 0.15) is 12.4 Å². The van der Waals surface area contributed by atoms with Crippen LogP contribution in [-0.2, 0) is 11.3 Å². The Labute approximate surface area is 131 Å². The van der Waals surface area contributed by atoms with Crippen molar-refractivity contribution in [3.05, 3.63) is 29.8 Å². The molecule has 1 spiro atoms. The van der Waals surface area contributed by atoms with Crippen molar-refractivity contribution in [1.82, 2.24) is 4.90 Å². The second kappa shape index (κ2) is 6.96. The fraction of sp³-hybridized carbons (Fsp3) is 0.647. The van der Waals surface area contributed by atoms with E-state index in [1.165, 1.54) is 0 Å². The number of rotatable bonds is 5. The fourth-order valence-electron chi connectivity index (χ4n) is 3.46. The van der Waals surface area contributed by atoms with Gasteiger partial charge in [0.2, 0.25) is 0 Å². The van der Waals surface area contributed by atoms with Crippen LogP contribution >= 0.6 is 0 Å². The van der Waals surface area contributed by atoms with Gasteiger partial charge in [0, 0.05) is 31.6 Å². The molecule has 0 aliphatic carbocycles. The Morgan fingerprint density at radius 1 is 1.27 bits per heavy atom. The number of piperidine rings is 1. The second-order valence-electron chi connectivity index (χ2n) is 6.31. The zero-order chi connectivity index (χ0) is 15.4. The standard InChI is InChI=1S/C17H25NO4/c19-9-10-21-16-4-2-1-3-14(16)12-18-7-5-17(6-8-18)11-15(20)13-22-17/h1-4,15,19-20H,5-13H2/t15-/m1/s1. The molecule has 2 heterocycles. The molecular weight excluding hydrogens is 282 g/mol. The molecule has 3 rings (SSSR count). The van der Waals surface area contributed by atoms with Crippen LogP contribution in [0.1, 0.15) is 24.8 Å². The maximum Gasteiger partial charge on any atom is 0.123 e. The number of aliphatic hydroxyl groups is 2. The van der Waals surface area contributed by atoms with E-state index in [2.05, 4.69) is 11.0 Å². The highest BCUT2D eigenvalue weighted by atomic mass is 16.5. The van der Waals surface area contributed by atoms with Gasteiger partial charge in [-0.1, -0.05) is 18.2 Å². The van der Waals surface area contributed by atoms with Crippen LogP contribution < -0.4 is 4.74 Å². The van der Waals surface area contributed by atoms with E-state index in [0.29, 0.717) is 13.2 Å². The highest BCUT2D eigenvalue weighted by Crippen LogP contribution is 2.36. The monoisotopic (exact) mass is 307 g/mol. The first-order chi connectivity index (χ1) is 10.7. The summed E-state index contributed by atoms with van der Waals surface area (Å²) in [7, 11) is 0. The molecule has 1 aromatic carbocycles. The number of hydrogen-bond acceptors (Lipinski definition) is 5. The molecule has 0 radical (unpaired) electrons. The third kappa shape index (κ3) is 3.60. The van der Waals surface area contributed by atoms with Gasteiger partial charge >= 0.3 is 0 Å². The molecule has 2 fully saturated rings. The number of nitrogens with zero attached hydrogens (tertiary/aromatic N) is 1. The van der Waals surface area contributed by atoms with E-state index >= 15 is 0 Å². The molecule has 5 nitrogen and oxygen atoms in total. The van der Waals surface area contributed by atoms with Crippen LogP contribution in [-0.4, -0.2) is 59.7 Å². The molecule has 1 atom stereocenters. The molecule has 0 saturated carbocycles. The SMILES string of the molecule is OCCOc1ccccc1CN1CCC2(CC1)C[C@@H](O)CO2. The number of aliphatic hydroxyl groups excluding tert-OH is 2. The maximum atomic E-state index is 9.69. The van der Waals surface area contributed by atoms with E-state index in [4.69, 9.17) is 14.6 Å². The lowest BCUT2D eigenvalue weighted by Crippen LogP contribution is -2.43. The molecule has 0 bridgehead atoms. The van der Waals surface area contributed by atoms with E-state index in [0.717, 1.165) is 50.2 Å². The average molecular weight is 307 g/mol. The minimum atomic E-state index is -0.292. The van der Waals surface area contributed by atoms with E-state index in [1.807, 2.05) is 18.2 Å². The maximum absolute atomic E-state index is 9.69. The van der Waals surface area contributed by atoms with Crippen LogP contribution in [0.15, 0.2) is 24.3 Å². The van der Waals surface area contributed by atoms with E-state index < -0.39 is 0 Å². The van der Waals surface area contributed by atoms with Gasteiger partial charge in [-0.25, -0.2) is 0 Å². The Morgan fingerprint density at radius 3 is 2.73 bits per heavy atom. The summed E-state index contributed by atoms with van der Waals surface area (Å²) >= 11 is 0. The molecule has 0 unspecified atom stereocenters. The minimum absolute atomic E-state index is 0.0280. The summed E-state index contributed by atoms with van der Waals surface area (Å²) in [6.45, 7) is 3.63. The second-order valence-corrected chi connectivity index (χ2v) is 6.31. The van der Waals surface area contributed by atoms with Gasteiger partial charge in [0.05, 0.1) is 24.9 Å². The van der Waals surface area contributed by atoms with Crippen LogP contribution in [0.25, 0.3) is 0 Å². The average Bonchev–Trinajstić information content (AvgIpc) is 2.90. The smallest absolute Gasteiger partial charge is 0.123 e. The summed E-state index contributed by atoms with van der Waals surface area (Å²) in [4.78, 5) is 2.40. The Balaban J connectivity index is 1.57. The van der Waals surface area contributed by atoms with Gasteiger partial charge in [-0.2, -0.15) is 0 Å². The number of likely N-dealkylation sites (tertiary alicyclic amines) is 1. The molecule has 0 aromatic heterocycles. The largest absolute Gasteiger partial charge is 0.491 e. The van der Waals surface area contributed by atoms with Crippen molar-refractivity contribution in [2.45, 2.75) is 37.5 Å². The lowest BCUT2D eigenvalue weighted by atomic mass is 9.88. The summed E-state index contributed by atoms with van der Waals surface area (Å²) in [6, 6.07) is 8.00. The van der Waals surface area contributed by atoms with Crippen molar-refractivity contribution >= 4 is 0 Å². The summed E-state index contributed by atoms with van der Waals surface area (Å²) in [5, 5.41) is 18.6. The molecular formula is C17H25NO4. The first-order valence-corrected chi connectivity index (χ1v) is 8.07. The predicted octanol–water partition coefficient (Wildman–Crippen LogP) is 1.17. The lowest BCUT2D eigenvalue weighted by Gasteiger charge is -2.38. The zero-order valence-electron chi connectivity index (χ0n) is 12.9. The van der Waals surface area contributed by atoms with Crippen molar-refractivity contribution < 1.29 is 19.7 Å². The third-order valence-corrected chi connectivity index (χ3v) is 4.67. The molecule has 2 aliphatic heterocycles. The summed E-state index contributed by atoms with van der Waals surface area (Å²) in [5.41, 5.74) is 1.06. The zero-order valence-corrected chi connectivity index (χ0v) is 12.9. The van der Waals surface area contributed by atoms with Crippen molar-refractivity contribution in [1.29, 1.82) is 0 Å². The van der Waals surface area contributed by atoms with E-state index in [-0.39, 0.29) is 18.3 Å². The fourth-order valence-corrected chi connectivity index (χ4v) is 3.46. The first-order valence-electron chi connectivity index (χ1n) is 8.07. The number of ether oxygens (including phenoxy) is 2. The Kier molecular flexibility index (Phi) is 4.98. The number of para-hydroxylation sites is 1. The molecule has 0 amide bonds. The highest BCUT2D eigenvalue weighted by molar-refractivity contribution is 5.33. The van der Waals surface area contributed by atoms with Gasteiger partial charge in [0.15, 0.2) is 0 Å². The number of hydrogen-bond donors (Lipinski definition) is 2. The van der Waals surface area contributed by atoms with Gasteiger partial charge < -0.3 is 19.7 Å². The van der Waals surface area contributed by atoms with Gasteiger partial charge in [-0.3, -0.25) is 4.90 Å². The molecule has 2 aliphatic rings. The predicted molar refractivity (Wildman–Crippen MR) is 82.8 cm³/mol. The molecule has 2 saturated heterocycles. The molecule has 22 heavy (non-hydrogen) atoms. The van der Waals surface area contributed by atoms with Crippen LogP contribution in [0.3, 0.4) is 0 Å². The highest BCUT2D eigenvalue weighted by Gasteiger charge is 2.42. The quantitative estimate of drug-likeness (QED) is 0.855. The van der Waals surface area contributed by atoms with Crippen molar-refractivity contribution in [3.8, 4) is 5.75 Å². The van der Waals surface area contributed by atoms with E-state index in [1.54, 1.807) is 0 Å². The van der Waals surface area contributed by atoms with Crippen molar-refractivity contribution in [3.63, 3.8) is 0 Å². The van der Waals surface area contributed by atoms with Crippen molar-refractivity contribution in [2.24, 2.45) is 0 Å². The topological polar surface area (TPSA) is 62.2 Å². The summed E-state index contributed by atoms with van der Waals surface area (Å²) < 4.78 is 11.4. The van der Waals surface area contributed by atoms with Gasteiger partial charge in [-0.05, 0) is 18.9 Å². The van der Waals surface area contributed by atoms with Gasteiger partial charge in [0.25, 0.3) is 0 Å². The number of benzene rings is 1. The van der Waals surface area contributed by atoms with Crippen LogP contribution in [0.5, 0.6) is 5.75 Å². The van der Waals surface area contributed by atoms with Crippen LogP contribution in [0.4, 0.5) is 0 Å². The minimum Gasteiger partial charge on any atom is -0.491 e. The normalized spacial score (nSPS) is 24.7. The first kappa shape index (κ1) is 15.7. The third-order valence-electron chi connectivity index (χ3n) is 4.67. The van der Waals surface area contributed by atoms with Crippen LogP contribution in [0.2, 0.25) is 0 Å². The Morgan fingerprint density at radius 2 is 2.05 bits per heavy atom. The summed E-state index contributed by atoms with van der Waals surface area (Å²) in [5.74, 6) is 0.851.